The van der Waals surface area contributed by atoms with Crippen molar-refractivity contribution in [2.45, 2.75) is 19.9 Å². The highest BCUT2D eigenvalue weighted by Crippen LogP contribution is 2.08. The van der Waals surface area contributed by atoms with E-state index in [2.05, 4.69) is 36.5 Å². The first-order valence-corrected chi connectivity index (χ1v) is 4.10. The SMILES string of the molecule is CCc1ccccc1CNC.Cl. The van der Waals surface area contributed by atoms with Gasteiger partial charge in [-0.2, -0.15) is 0 Å². The second kappa shape index (κ2) is 6.04. The van der Waals surface area contributed by atoms with Crippen molar-refractivity contribution in [3.63, 3.8) is 0 Å². The fourth-order valence-corrected chi connectivity index (χ4v) is 1.27. The van der Waals surface area contributed by atoms with Crippen LogP contribution in [-0.2, 0) is 13.0 Å². The quantitative estimate of drug-likeness (QED) is 0.763. The lowest BCUT2D eigenvalue weighted by Gasteiger charge is -2.05. The summed E-state index contributed by atoms with van der Waals surface area (Å²) in [6.45, 7) is 3.17. The molecular formula is C10H16ClN. The average molecular weight is 186 g/mol. The molecule has 0 atom stereocenters. The van der Waals surface area contributed by atoms with Crippen LogP contribution in [0, 0.1) is 0 Å². The Balaban J connectivity index is 0.00000121. The first-order chi connectivity index (χ1) is 5.38. The van der Waals surface area contributed by atoms with Crippen LogP contribution < -0.4 is 5.32 Å². The van der Waals surface area contributed by atoms with Gasteiger partial charge in [0.2, 0.25) is 0 Å². The highest BCUT2D eigenvalue weighted by atomic mass is 35.5. The van der Waals surface area contributed by atoms with Gasteiger partial charge in [-0.1, -0.05) is 31.2 Å². The van der Waals surface area contributed by atoms with Crippen molar-refractivity contribution in [1.82, 2.24) is 5.32 Å². The Morgan fingerprint density at radius 2 is 1.75 bits per heavy atom. The number of rotatable bonds is 3. The summed E-state index contributed by atoms with van der Waals surface area (Å²) >= 11 is 0. The molecule has 0 radical (unpaired) electrons. The zero-order chi connectivity index (χ0) is 8.10. The van der Waals surface area contributed by atoms with Gasteiger partial charge < -0.3 is 5.32 Å². The van der Waals surface area contributed by atoms with E-state index in [-0.39, 0.29) is 12.4 Å². The Bertz CT molecular complexity index is 223. The van der Waals surface area contributed by atoms with Gasteiger partial charge in [-0.25, -0.2) is 0 Å². The molecule has 0 aliphatic carbocycles. The van der Waals surface area contributed by atoms with Crippen LogP contribution in [0.2, 0.25) is 0 Å². The minimum absolute atomic E-state index is 0. The number of halogens is 1. The Hall–Kier alpha value is -0.530. The molecule has 1 aromatic rings. The lowest BCUT2D eigenvalue weighted by Crippen LogP contribution is -2.07. The van der Waals surface area contributed by atoms with Crippen molar-refractivity contribution < 1.29 is 0 Å². The van der Waals surface area contributed by atoms with Gasteiger partial charge in [0.05, 0.1) is 0 Å². The van der Waals surface area contributed by atoms with E-state index in [4.69, 9.17) is 0 Å². The van der Waals surface area contributed by atoms with Gasteiger partial charge in [-0.05, 0) is 24.6 Å². The Labute approximate surface area is 80.6 Å². The maximum atomic E-state index is 3.16. The molecule has 0 spiro atoms. The van der Waals surface area contributed by atoms with E-state index in [1.165, 1.54) is 11.1 Å². The summed E-state index contributed by atoms with van der Waals surface area (Å²) in [7, 11) is 1.98. The number of hydrogen-bond donors (Lipinski definition) is 1. The van der Waals surface area contributed by atoms with E-state index in [0.29, 0.717) is 0 Å². The fraction of sp³-hybridized carbons (Fsp3) is 0.400. The Morgan fingerprint density at radius 3 is 2.25 bits per heavy atom. The van der Waals surface area contributed by atoms with Crippen molar-refractivity contribution in [3.05, 3.63) is 35.4 Å². The van der Waals surface area contributed by atoms with Crippen LogP contribution in [0.25, 0.3) is 0 Å². The van der Waals surface area contributed by atoms with E-state index in [9.17, 15) is 0 Å². The zero-order valence-electron chi connectivity index (χ0n) is 7.63. The van der Waals surface area contributed by atoms with Crippen LogP contribution in [0.5, 0.6) is 0 Å². The molecule has 0 fully saturated rings. The zero-order valence-corrected chi connectivity index (χ0v) is 8.45. The third-order valence-electron chi connectivity index (χ3n) is 1.87. The molecule has 1 nitrogen and oxygen atoms in total. The number of hydrogen-bond acceptors (Lipinski definition) is 1. The monoisotopic (exact) mass is 185 g/mol. The summed E-state index contributed by atoms with van der Waals surface area (Å²) in [4.78, 5) is 0. The molecular weight excluding hydrogens is 170 g/mol. The molecule has 0 bridgehead atoms. The largest absolute Gasteiger partial charge is 0.316 e. The first kappa shape index (κ1) is 11.5. The fourth-order valence-electron chi connectivity index (χ4n) is 1.27. The van der Waals surface area contributed by atoms with E-state index >= 15 is 0 Å². The van der Waals surface area contributed by atoms with Gasteiger partial charge in [-0.3, -0.25) is 0 Å². The van der Waals surface area contributed by atoms with Gasteiger partial charge in [0.1, 0.15) is 0 Å². The summed E-state index contributed by atoms with van der Waals surface area (Å²) in [6, 6.07) is 8.55. The molecule has 0 unspecified atom stereocenters. The second-order valence-corrected chi connectivity index (χ2v) is 2.65. The van der Waals surface area contributed by atoms with E-state index in [0.717, 1.165) is 13.0 Å². The van der Waals surface area contributed by atoms with E-state index in [1.54, 1.807) is 0 Å². The van der Waals surface area contributed by atoms with E-state index in [1.807, 2.05) is 7.05 Å². The molecule has 1 N–H and O–H groups in total. The average Bonchev–Trinajstić information content (AvgIpc) is 2.06. The summed E-state index contributed by atoms with van der Waals surface area (Å²) in [5.74, 6) is 0. The van der Waals surface area contributed by atoms with Crippen molar-refractivity contribution in [3.8, 4) is 0 Å². The van der Waals surface area contributed by atoms with Crippen molar-refractivity contribution in [2.75, 3.05) is 7.05 Å². The third kappa shape index (κ3) is 2.84. The predicted molar refractivity (Wildman–Crippen MR) is 55.8 cm³/mol. The first-order valence-electron chi connectivity index (χ1n) is 4.10. The van der Waals surface area contributed by atoms with Crippen LogP contribution in [-0.4, -0.2) is 7.05 Å². The van der Waals surface area contributed by atoms with Gasteiger partial charge in [0.25, 0.3) is 0 Å². The van der Waals surface area contributed by atoms with E-state index < -0.39 is 0 Å². The van der Waals surface area contributed by atoms with Crippen LogP contribution in [0.1, 0.15) is 18.1 Å². The van der Waals surface area contributed by atoms with Crippen molar-refractivity contribution >= 4 is 12.4 Å². The molecule has 1 aromatic carbocycles. The molecule has 0 aliphatic rings. The molecule has 12 heavy (non-hydrogen) atoms. The minimum Gasteiger partial charge on any atom is -0.316 e. The standard InChI is InChI=1S/C10H15N.ClH/c1-3-9-6-4-5-7-10(9)8-11-2;/h4-7,11H,3,8H2,1-2H3;1H. The molecule has 0 saturated carbocycles. The molecule has 0 heterocycles. The topological polar surface area (TPSA) is 12.0 Å². The minimum atomic E-state index is 0. The summed E-state index contributed by atoms with van der Waals surface area (Å²) in [5.41, 5.74) is 2.86. The van der Waals surface area contributed by atoms with Gasteiger partial charge in [0.15, 0.2) is 0 Å². The summed E-state index contributed by atoms with van der Waals surface area (Å²) in [5, 5.41) is 3.16. The maximum absolute atomic E-state index is 3.16. The smallest absolute Gasteiger partial charge is 0.0205 e. The highest BCUT2D eigenvalue weighted by molar-refractivity contribution is 5.85. The lowest BCUT2D eigenvalue weighted by atomic mass is 10.1. The highest BCUT2D eigenvalue weighted by Gasteiger charge is 1.95. The van der Waals surface area contributed by atoms with Crippen molar-refractivity contribution in [1.29, 1.82) is 0 Å². The van der Waals surface area contributed by atoms with Crippen LogP contribution in [0.4, 0.5) is 0 Å². The van der Waals surface area contributed by atoms with Crippen LogP contribution in [0.3, 0.4) is 0 Å². The molecule has 0 amide bonds. The molecule has 68 valence electrons. The lowest BCUT2D eigenvalue weighted by molar-refractivity contribution is 0.806. The van der Waals surface area contributed by atoms with Crippen LogP contribution in [0.15, 0.2) is 24.3 Å². The predicted octanol–water partition coefficient (Wildman–Crippen LogP) is 2.39. The Kier molecular flexibility index (Phi) is 5.77. The summed E-state index contributed by atoms with van der Waals surface area (Å²) < 4.78 is 0. The molecule has 2 heteroatoms. The number of nitrogens with one attached hydrogen (secondary N) is 1. The van der Waals surface area contributed by atoms with Gasteiger partial charge in [-0.15, -0.1) is 12.4 Å². The normalized spacial score (nSPS) is 9.17. The number of aryl methyl sites for hydroxylation is 1. The molecule has 0 saturated heterocycles. The van der Waals surface area contributed by atoms with Gasteiger partial charge in [0, 0.05) is 6.54 Å². The molecule has 1 rings (SSSR count). The van der Waals surface area contributed by atoms with Gasteiger partial charge >= 0.3 is 0 Å². The van der Waals surface area contributed by atoms with Crippen LogP contribution >= 0.6 is 12.4 Å². The number of benzene rings is 1. The second-order valence-electron chi connectivity index (χ2n) is 2.65. The Morgan fingerprint density at radius 1 is 1.17 bits per heavy atom. The van der Waals surface area contributed by atoms with Crippen molar-refractivity contribution in [2.24, 2.45) is 0 Å². The third-order valence-corrected chi connectivity index (χ3v) is 1.87. The maximum Gasteiger partial charge on any atom is 0.0205 e. The molecule has 0 aromatic heterocycles. The summed E-state index contributed by atoms with van der Waals surface area (Å²) in [6.07, 6.45) is 1.12. The molecule has 0 aliphatic heterocycles.